The van der Waals surface area contributed by atoms with Crippen molar-refractivity contribution in [3.05, 3.63) is 52.2 Å². The van der Waals surface area contributed by atoms with E-state index < -0.39 is 78.0 Å². The van der Waals surface area contributed by atoms with Crippen LogP contribution in [0.15, 0.2) is 45.6 Å². The molecule has 1 aromatic heterocycles. The van der Waals surface area contributed by atoms with Gasteiger partial charge in [-0.25, -0.2) is 0 Å². The quantitative estimate of drug-likeness (QED) is 0.180. The minimum Gasteiger partial charge on any atom is -0.507 e. The molecule has 0 radical (unpaired) electrons. The van der Waals surface area contributed by atoms with E-state index in [1.165, 1.54) is 7.11 Å². The number of methoxy groups -OCH3 is 1. The number of ether oxygens (including phenoxy) is 3. The van der Waals surface area contributed by atoms with Crippen molar-refractivity contribution < 1.29 is 58.9 Å². The Morgan fingerprint density at radius 1 is 1.00 bits per heavy atom. The molecule has 4 rings (SSSR count). The van der Waals surface area contributed by atoms with Crippen LogP contribution in [0, 0.1) is 0 Å². The molecule has 13 nitrogen and oxygen atoms in total. The summed E-state index contributed by atoms with van der Waals surface area (Å²) in [6, 6.07) is 8.71. The molecule has 2 aromatic carbocycles. The van der Waals surface area contributed by atoms with E-state index in [2.05, 4.69) is 0 Å². The Labute approximate surface area is 213 Å². The lowest BCUT2D eigenvalue weighted by Gasteiger charge is -2.40. The van der Waals surface area contributed by atoms with E-state index >= 15 is 0 Å². The van der Waals surface area contributed by atoms with Crippen LogP contribution in [0.25, 0.3) is 22.3 Å². The van der Waals surface area contributed by atoms with Gasteiger partial charge in [0.15, 0.2) is 5.43 Å². The summed E-state index contributed by atoms with van der Waals surface area (Å²) < 4.78 is 21.1. The third-order valence-electron chi connectivity index (χ3n) is 6.09. The zero-order chi connectivity index (χ0) is 27.7. The second-order valence-corrected chi connectivity index (χ2v) is 8.55. The molecule has 5 unspecified atom stereocenters. The molecular formula is C25H24O13. The van der Waals surface area contributed by atoms with E-state index in [0.717, 1.165) is 12.1 Å². The van der Waals surface area contributed by atoms with Crippen LogP contribution >= 0.6 is 0 Å². The number of hydrogen-bond acceptors (Lipinski definition) is 12. The standard InChI is InChI=1S/C25H24O13/c1-35-11-4-2-10(3-5-11)14-6-12(26)19-15(37-14)7-13(27)20(22(19)32)25-24(34)23(33)21(31)16(38-25)9-36-18(30)8-17(28)29/h2-7,16,21,23-25,27,31-34H,8-9H2,1H3,(H,28,29). The SMILES string of the molecule is COc1ccc(-c2cc(=O)c3c(O)c(C4OC(COC(=O)CC(=O)O)C(O)C(O)C4O)c(O)cc3o2)cc1. The van der Waals surface area contributed by atoms with Gasteiger partial charge in [0.25, 0.3) is 0 Å². The van der Waals surface area contributed by atoms with E-state index in [0.29, 0.717) is 11.3 Å². The molecule has 38 heavy (non-hydrogen) atoms. The van der Waals surface area contributed by atoms with Crippen LogP contribution in [0.2, 0.25) is 0 Å². The van der Waals surface area contributed by atoms with Gasteiger partial charge in [0.1, 0.15) is 77.5 Å². The Kier molecular flexibility index (Phi) is 7.55. The number of rotatable bonds is 7. The number of aliphatic carboxylic acids is 1. The maximum absolute atomic E-state index is 13.0. The maximum Gasteiger partial charge on any atom is 0.317 e. The van der Waals surface area contributed by atoms with Crippen molar-refractivity contribution in [1.82, 2.24) is 0 Å². The van der Waals surface area contributed by atoms with Crippen LogP contribution in [0.5, 0.6) is 17.2 Å². The second-order valence-electron chi connectivity index (χ2n) is 8.55. The number of carboxylic acids is 1. The minimum atomic E-state index is -1.89. The topological polar surface area (TPSA) is 213 Å². The Bertz CT molecular complexity index is 1410. The molecular weight excluding hydrogens is 508 g/mol. The van der Waals surface area contributed by atoms with Crippen LogP contribution in [0.4, 0.5) is 0 Å². The van der Waals surface area contributed by atoms with Crippen LogP contribution in [-0.4, -0.2) is 80.7 Å². The molecule has 202 valence electrons. The van der Waals surface area contributed by atoms with Gasteiger partial charge < -0.3 is 49.3 Å². The van der Waals surface area contributed by atoms with Crippen molar-refractivity contribution in [3.63, 3.8) is 0 Å². The molecule has 1 saturated heterocycles. The van der Waals surface area contributed by atoms with Crippen molar-refractivity contribution in [2.45, 2.75) is 36.9 Å². The lowest BCUT2D eigenvalue weighted by molar-refractivity contribution is -0.235. The highest BCUT2D eigenvalue weighted by atomic mass is 16.6. The van der Waals surface area contributed by atoms with Gasteiger partial charge in [0, 0.05) is 17.7 Å². The summed E-state index contributed by atoms with van der Waals surface area (Å²) in [6.45, 7) is -0.712. The van der Waals surface area contributed by atoms with E-state index in [1.807, 2.05) is 0 Å². The first kappa shape index (κ1) is 26.9. The molecule has 1 aliphatic heterocycles. The number of aliphatic hydroxyl groups excluding tert-OH is 3. The third-order valence-corrected chi connectivity index (χ3v) is 6.09. The first-order valence-corrected chi connectivity index (χ1v) is 11.3. The fourth-order valence-corrected chi connectivity index (χ4v) is 4.16. The largest absolute Gasteiger partial charge is 0.507 e. The number of hydrogen-bond donors (Lipinski definition) is 6. The van der Waals surface area contributed by atoms with Crippen LogP contribution in [0.3, 0.4) is 0 Å². The molecule has 1 aliphatic rings. The van der Waals surface area contributed by atoms with Crippen LogP contribution in [-0.2, 0) is 19.1 Å². The number of phenols is 2. The average molecular weight is 532 g/mol. The Morgan fingerprint density at radius 3 is 2.32 bits per heavy atom. The zero-order valence-electron chi connectivity index (χ0n) is 19.8. The highest BCUT2D eigenvalue weighted by Crippen LogP contribution is 2.44. The summed E-state index contributed by atoms with van der Waals surface area (Å²) >= 11 is 0. The van der Waals surface area contributed by atoms with Crippen LogP contribution < -0.4 is 10.2 Å². The summed E-state index contributed by atoms with van der Waals surface area (Å²) in [5.41, 5.74) is -0.855. The molecule has 0 spiro atoms. The van der Waals surface area contributed by atoms with E-state index in [9.17, 15) is 39.9 Å². The Morgan fingerprint density at radius 2 is 1.68 bits per heavy atom. The minimum absolute atomic E-state index is 0.132. The molecule has 13 heteroatoms. The first-order valence-electron chi connectivity index (χ1n) is 11.3. The zero-order valence-corrected chi connectivity index (χ0v) is 19.8. The smallest absolute Gasteiger partial charge is 0.317 e. The predicted molar refractivity (Wildman–Crippen MR) is 127 cm³/mol. The number of benzene rings is 2. The number of esters is 1. The first-order chi connectivity index (χ1) is 18.0. The predicted octanol–water partition coefficient (Wildman–Crippen LogP) is 0.420. The van der Waals surface area contributed by atoms with Gasteiger partial charge in [-0.1, -0.05) is 0 Å². The van der Waals surface area contributed by atoms with Crippen molar-refractivity contribution in [3.8, 4) is 28.6 Å². The summed E-state index contributed by atoms with van der Waals surface area (Å²) in [5, 5.41) is 61.1. The molecule has 5 atom stereocenters. The van der Waals surface area contributed by atoms with Crippen LogP contribution in [0.1, 0.15) is 18.1 Å². The van der Waals surface area contributed by atoms with E-state index in [4.69, 9.17) is 23.7 Å². The number of carboxylic acid groups (broad SMARTS) is 1. The fraction of sp³-hybridized carbons (Fsp3) is 0.320. The van der Waals surface area contributed by atoms with E-state index in [-0.39, 0.29) is 16.7 Å². The van der Waals surface area contributed by atoms with Gasteiger partial charge >= 0.3 is 11.9 Å². The molecule has 6 N–H and O–H groups in total. The third kappa shape index (κ3) is 5.13. The van der Waals surface area contributed by atoms with Crippen molar-refractivity contribution >= 4 is 22.9 Å². The molecule has 0 aliphatic carbocycles. The molecule has 0 amide bonds. The number of phenolic OH excluding ortho intramolecular Hbond substituents is 2. The normalized spacial score (nSPS) is 23.2. The van der Waals surface area contributed by atoms with Crippen molar-refractivity contribution in [2.24, 2.45) is 0 Å². The summed E-state index contributed by atoms with van der Waals surface area (Å²) in [4.78, 5) is 35.2. The van der Waals surface area contributed by atoms with Gasteiger partial charge in [-0.2, -0.15) is 0 Å². The monoisotopic (exact) mass is 532 g/mol. The highest BCUT2D eigenvalue weighted by Gasteiger charge is 2.46. The number of aliphatic hydroxyl groups is 3. The number of fused-ring (bicyclic) bond motifs is 1. The molecule has 2 heterocycles. The Hall–Kier alpha value is -4.17. The van der Waals surface area contributed by atoms with Crippen molar-refractivity contribution in [2.75, 3.05) is 13.7 Å². The maximum atomic E-state index is 13.0. The number of carbonyl (C=O) groups excluding carboxylic acids is 1. The van der Waals surface area contributed by atoms with Gasteiger partial charge in [0.2, 0.25) is 0 Å². The number of aromatic hydroxyl groups is 2. The average Bonchev–Trinajstić information content (AvgIpc) is 2.87. The van der Waals surface area contributed by atoms with Crippen molar-refractivity contribution in [1.29, 1.82) is 0 Å². The number of carbonyl (C=O) groups is 2. The van der Waals surface area contributed by atoms with Gasteiger partial charge in [-0.3, -0.25) is 14.4 Å². The second kappa shape index (κ2) is 10.7. The fourth-order valence-electron chi connectivity index (χ4n) is 4.16. The molecule has 0 saturated carbocycles. The molecule has 1 fully saturated rings. The summed E-state index contributed by atoms with van der Waals surface area (Å²) in [7, 11) is 1.50. The summed E-state index contributed by atoms with van der Waals surface area (Å²) in [6.07, 6.45) is -9.70. The van der Waals surface area contributed by atoms with Gasteiger partial charge in [-0.15, -0.1) is 0 Å². The molecule has 0 bridgehead atoms. The molecule has 3 aromatic rings. The van der Waals surface area contributed by atoms with Gasteiger partial charge in [0.05, 0.1) is 12.7 Å². The van der Waals surface area contributed by atoms with E-state index in [1.54, 1.807) is 24.3 Å². The van der Waals surface area contributed by atoms with Gasteiger partial charge in [-0.05, 0) is 24.3 Å². The highest BCUT2D eigenvalue weighted by molar-refractivity contribution is 5.90. The Balaban J connectivity index is 1.70. The lowest BCUT2D eigenvalue weighted by Crippen LogP contribution is -2.55. The summed E-state index contributed by atoms with van der Waals surface area (Å²) in [5.74, 6) is -3.36. The lowest BCUT2D eigenvalue weighted by atomic mass is 9.89.